The number of hydrogen-bond donors (Lipinski definition) is 2. The molecule has 6 nitrogen and oxygen atoms in total. The number of ether oxygens (including phenoxy) is 1. The first-order valence-electron chi connectivity index (χ1n) is 6.86. The summed E-state index contributed by atoms with van der Waals surface area (Å²) < 4.78 is 5.26. The lowest BCUT2D eigenvalue weighted by Crippen LogP contribution is -2.38. The molecule has 0 spiro atoms. The lowest BCUT2D eigenvalue weighted by atomic mass is 10.0. The van der Waals surface area contributed by atoms with Gasteiger partial charge < -0.3 is 15.2 Å². The van der Waals surface area contributed by atoms with Crippen LogP contribution in [0.2, 0.25) is 0 Å². The van der Waals surface area contributed by atoms with Gasteiger partial charge in [-0.05, 0) is 18.9 Å². The van der Waals surface area contributed by atoms with Crippen molar-refractivity contribution in [1.82, 2.24) is 10.2 Å². The highest BCUT2D eigenvalue weighted by atomic mass is 16.5. The first kappa shape index (κ1) is 15.9. The summed E-state index contributed by atoms with van der Waals surface area (Å²) in [5.74, 6) is -1.03. The van der Waals surface area contributed by atoms with Crippen molar-refractivity contribution >= 4 is 11.9 Å². The van der Waals surface area contributed by atoms with Crippen LogP contribution in [0.25, 0.3) is 0 Å². The molecule has 0 aromatic heterocycles. The van der Waals surface area contributed by atoms with Crippen molar-refractivity contribution in [1.29, 1.82) is 0 Å². The van der Waals surface area contributed by atoms with E-state index in [0.29, 0.717) is 6.54 Å². The maximum Gasteiger partial charge on any atom is 0.303 e. The summed E-state index contributed by atoms with van der Waals surface area (Å²) in [7, 11) is 0. The third kappa shape index (κ3) is 7.79. The molecular weight excluding hydrogens is 248 g/mol. The minimum absolute atomic E-state index is 0.0429. The smallest absolute Gasteiger partial charge is 0.303 e. The Hall–Kier alpha value is -1.14. The molecule has 0 bridgehead atoms. The molecule has 0 aliphatic carbocycles. The molecule has 0 aromatic rings. The summed E-state index contributed by atoms with van der Waals surface area (Å²) in [6, 6.07) is 0. The molecule has 1 heterocycles. The van der Waals surface area contributed by atoms with Gasteiger partial charge in [0, 0.05) is 32.5 Å². The van der Waals surface area contributed by atoms with Gasteiger partial charge in [-0.15, -0.1) is 0 Å². The van der Waals surface area contributed by atoms with E-state index in [9.17, 15) is 9.59 Å². The molecular formula is C13H24N2O4. The van der Waals surface area contributed by atoms with Gasteiger partial charge in [-0.25, -0.2) is 0 Å². The zero-order chi connectivity index (χ0) is 14.1. The highest BCUT2D eigenvalue weighted by Gasteiger charge is 2.13. The second-order valence-corrected chi connectivity index (χ2v) is 5.06. The molecule has 1 unspecified atom stereocenters. The molecule has 1 fully saturated rings. The molecule has 1 aliphatic heterocycles. The molecule has 0 radical (unpaired) electrons. The molecule has 6 heteroatoms. The van der Waals surface area contributed by atoms with Crippen LogP contribution in [0.3, 0.4) is 0 Å². The summed E-state index contributed by atoms with van der Waals surface area (Å²) in [6.45, 7) is 6.90. The second kappa shape index (κ2) is 8.87. The van der Waals surface area contributed by atoms with Gasteiger partial charge in [0.25, 0.3) is 0 Å². The van der Waals surface area contributed by atoms with E-state index >= 15 is 0 Å². The Balaban J connectivity index is 2.01. The SMILES string of the molecule is CC(CC(=O)O)CC(=O)NCCCN1CCOCC1. The van der Waals surface area contributed by atoms with E-state index in [-0.39, 0.29) is 24.7 Å². The number of carboxylic acid groups (broad SMARTS) is 1. The van der Waals surface area contributed by atoms with Crippen molar-refractivity contribution < 1.29 is 19.4 Å². The number of nitrogens with one attached hydrogen (secondary N) is 1. The third-order valence-electron chi connectivity index (χ3n) is 3.13. The van der Waals surface area contributed by atoms with Crippen LogP contribution in [-0.4, -0.2) is 61.3 Å². The van der Waals surface area contributed by atoms with Crippen LogP contribution in [0.5, 0.6) is 0 Å². The molecule has 1 atom stereocenters. The van der Waals surface area contributed by atoms with Crippen LogP contribution in [0.4, 0.5) is 0 Å². The van der Waals surface area contributed by atoms with Gasteiger partial charge in [-0.2, -0.15) is 0 Å². The van der Waals surface area contributed by atoms with Crippen LogP contribution in [-0.2, 0) is 14.3 Å². The van der Waals surface area contributed by atoms with E-state index in [1.165, 1.54) is 0 Å². The lowest BCUT2D eigenvalue weighted by Gasteiger charge is -2.26. The molecule has 1 rings (SSSR count). The van der Waals surface area contributed by atoms with Gasteiger partial charge >= 0.3 is 5.97 Å². The molecule has 1 saturated heterocycles. The van der Waals surface area contributed by atoms with Crippen LogP contribution in [0, 0.1) is 5.92 Å². The lowest BCUT2D eigenvalue weighted by molar-refractivity contribution is -0.138. The molecule has 110 valence electrons. The average Bonchev–Trinajstić information content (AvgIpc) is 2.35. The van der Waals surface area contributed by atoms with Gasteiger partial charge in [0.2, 0.25) is 5.91 Å². The zero-order valence-corrected chi connectivity index (χ0v) is 11.6. The Bertz CT molecular complexity index is 290. The number of carboxylic acids is 1. The summed E-state index contributed by atoms with van der Waals surface area (Å²) in [5, 5.41) is 11.4. The summed E-state index contributed by atoms with van der Waals surface area (Å²) in [4.78, 5) is 24.3. The summed E-state index contributed by atoms with van der Waals surface area (Å²) >= 11 is 0. The van der Waals surface area contributed by atoms with Crippen molar-refractivity contribution in [3.63, 3.8) is 0 Å². The Morgan fingerprint density at radius 1 is 1.32 bits per heavy atom. The Labute approximate surface area is 114 Å². The van der Waals surface area contributed by atoms with Crippen LogP contribution in [0.15, 0.2) is 0 Å². The minimum atomic E-state index is -0.854. The number of carbonyl (C=O) groups excluding carboxylic acids is 1. The van der Waals surface area contributed by atoms with Gasteiger partial charge in [0.05, 0.1) is 13.2 Å². The fourth-order valence-electron chi connectivity index (χ4n) is 2.11. The number of carbonyl (C=O) groups is 2. The standard InChI is InChI=1S/C13H24N2O4/c1-11(10-13(17)18)9-12(16)14-3-2-4-15-5-7-19-8-6-15/h11H,2-10H2,1H3,(H,14,16)(H,17,18). The number of rotatable bonds is 8. The van der Waals surface area contributed by atoms with E-state index in [1.807, 2.05) is 0 Å². The monoisotopic (exact) mass is 272 g/mol. The predicted octanol–water partition coefficient (Wildman–Crippen LogP) is 0.326. The molecule has 0 saturated carbocycles. The van der Waals surface area contributed by atoms with E-state index in [2.05, 4.69) is 10.2 Å². The van der Waals surface area contributed by atoms with Crippen molar-refractivity contribution in [2.24, 2.45) is 5.92 Å². The van der Waals surface area contributed by atoms with Gasteiger partial charge in [0.1, 0.15) is 0 Å². The van der Waals surface area contributed by atoms with Crippen LogP contribution >= 0.6 is 0 Å². The van der Waals surface area contributed by atoms with E-state index in [0.717, 1.165) is 39.3 Å². The Morgan fingerprint density at radius 3 is 2.63 bits per heavy atom. The fourth-order valence-corrected chi connectivity index (χ4v) is 2.11. The predicted molar refractivity (Wildman–Crippen MR) is 70.9 cm³/mol. The topological polar surface area (TPSA) is 78.9 Å². The minimum Gasteiger partial charge on any atom is -0.481 e. The Kier molecular flexibility index (Phi) is 7.43. The van der Waals surface area contributed by atoms with Gasteiger partial charge in [-0.1, -0.05) is 6.92 Å². The highest BCUT2D eigenvalue weighted by molar-refractivity contribution is 5.77. The van der Waals surface area contributed by atoms with Crippen molar-refractivity contribution in [3.05, 3.63) is 0 Å². The summed E-state index contributed by atoms with van der Waals surface area (Å²) in [6.07, 6.45) is 1.24. The van der Waals surface area contributed by atoms with E-state index in [4.69, 9.17) is 9.84 Å². The van der Waals surface area contributed by atoms with Crippen LogP contribution in [0.1, 0.15) is 26.2 Å². The van der Waals surface area contributed by atoms with Crippen molar-refractivity contribution in [2.45, 2.75) is 26.2 Å². The average molecular weight is 272 g/mol. The second-order valence-electron chi connectivity index (χ2n) is 5.06. The first-order chi connectivity index (χ1) is 9.08. The van der Waals surface area contributed by atoms with E-state index < -0.39 is 5.97 Å². The normalized spacial score (nSPS) is 17.9. The first-order valence-corrected chi connectivity index (χ1v) is 6.86. The highest BCUT2D eigenvalue weighted by Crippen LogP contribution is 2.06. The van der Waals surface area contributed by atoms with Crippen LogP contribution < -0.4 is 5.32 Å². The third-order valence-corrected chi connectivity index (χ3v) is 3.13. The van der Waals surface area contributed by atoms with Crippen molar-refractivity contribution in [2.75, 3.05) is 39.4 Å². The molecule has 1 aliphatic rings. The molecule has 2 N–H and O–H groups in total. The molecule has 0 aromatic carbocycles. The number of nitrogens with zero attached hydrogens (tertiary/aromatic N) is 1. The fraction of sp³-hybridized carbons (Fsp3) is 0.846. The van der Waals surface area contributed by atoms with Crippen molar-refractivity contribution in [3.8, 4) is 0 Å². The molecule has 19 heavy (non-hydrogen) atoms. The zero-order valence-electron chi connectivity index (χ0n) is 11.6. The Morgan fingerprint density at radius 2 is 2.00 bits per heavy atom. The number of aliphatic carboxylic acids is 1. The molecule has 1 amide bonds. The number of hydrogen-bond acceptors (Lipinski definition) is 4. The van der Waals surface area contributed by atoms with E-state index in [1.54, 1.807) is 6.92 Å². The largest absolute Gasteiger partial charge is 0.481 e. The quantitative estimate of drug-likeness (QED) is 0.622. The number of amides is 1. The maximum atomic E-state index is 11.5. The van der Waals surface area contributed by atoms with Gasteiger partial charge in [-0.3, -0.25) is 14.5 Å². The maximum absolute atomic E-state index is 11.5. The van der Waals surface area contributed by atoms with Gasteiger partial charge in [0.15, 0.2) is 0 Å². The number of morpholine rings is 1. The summed E-state index contributed by atoms with van der Waals surface area (Å²) in [5.41, 5.74) is 0.